The van der Waals surface area contributed by atoms with E-state index in [2.05, 4.69) is 88.5 Å². The summed E-state index contributed by atoms with van der Waals surface area (Å²) in [7, 11) is 0. The van der Waals surface area contributed by atoms with Gasteiger partial charge in [0.05, 0.1) is 45.6 Å². The van der Waals surface area contributed by atoms with Gasteiger partial charge in [0.15, 0.2) is 16.7 Å². The van der Waals surface area contributed by atoms with Gasteiger partial charge in [-0.25, -0.2) is 44.3 Å². The number of benzene rings is 3. The number of aryl methyl sites for hydroxylation is 1. The molecule has 6 N–H and O–H groups in total. The Labute approximate surface area is 576 Å². The number of nitrogens with one attached hydrogen (secondary N) is 6. The van der Waals surface area contributed by atoms with Crippen molar-refractivity contribution in [3.8, 4) is 0 Å². The number of anilines is 3. The SMILES string of the molecule is CCc1cc2c(N3CC4(CCC(NCc5ccc6[nH]c(=O)oc6c5)C4)C3)ncnc2s1.O=c1[nH]c2ccc(CN[C@@H]3CCC4(C3)CN(c3ncnc5sc(CC(F)(F)F)cc35)C4)cc2o1.O=c1[nH]c2ccc(CN[C@H]3CCC4(C3)CN(c3ncnc5sc(CC(F)(F)F)cc35)C4)cc2o1.[HH].[HH].[HH]. The number of halogens is 6. The lowest BCUT2D eigenvalue weighted by Gasteiger charge is -2.49. The lowest BCUT2D eigenvalue weighted by atomic mass is 9.78. The molecule has 0 amide bonds. The third kappa shape index (κ3) is 13.8. The fourth-order valence-corrected chi connectivity index (χ4v) is 19.0. The molecule has 3 aliphatic heterocycles. The summed E-state index contributed by atoms with van der Waals surface area (Å²) in [5.41, 5.74) is 7.94. The van der Waals surface area contributed by atoms with Gasteiger partial charge in [-0.05, 0) is 135 Å². The molecule has 12 aromatic rings. The summed E-state index contributed by atoms with van der Waals surface area (Å²) in [4.78, 5) is 79.2. The summed E-state index contributed by atoms with van der Waals surface area (Å²) in [6, 6.07) is 24.1. The average molecular weight is 1420 g/mol. The molecule has 0 bridgehead atoms. The highest BCUT2D eigenvalue weighted by Gasteiger charge is 2.51. The van der Waals surface area contributed by atoms with Crippen molar-refractivity contribution < 1.29 is 43.9 Å². The second kappa shape index (κ2) is 25.6. The summed E-state index contributed by atoms with van der Waals surface area (Å²) in [6.45, 7) is 9.92. The normalized spacial score (nSPS) is 20.0. The molecule has 1 unspecified atom stereocenters. The van der Waals surface area contributed by atoms with Crippen molar-refractivity contribution in [1.82, 2.24) is 60.8 Å². The Bertz CT molecular complexity index is 4970. The Morgan fingerprint density at radius 1 is 0.475 bits per heavy atom. The highest BCUT2D eigenvalue weighted by molar-refractivity contribution is 7.19. The first kappa shape index (κ1) is 65.1. The zero-order valence-corrected chi connectivity index (χ0v) is 56.2. The van der Waals surface area contributed by atoms with Gasteiger partial charge in [-0.3, -0.25) is 15.0 Å². The molecule has 18 rings (SSSR count). The van der Waals surface area contributed by atoms with Gasteiger partial charge in [-0.15, -0.1) is 34.0 Å². The van der Waals surface area contributed by atoms with Crippen molar-refractivity contribution >= 4 is 115 Å². The summed E-state index contributed by atoms with van der Waals surface area (Å²) in [6.07, 6.45) is 5.39. The van der Waals surface area contributed by atoms with Crippen molar-refractivity contribution in [2.24, 2.45) is 16.2 Å². The van der Waals surface area contributed by atoms with Crippen LogP contribution in [0.4, 0.5) is 43.8 Å². The molecular formula is C69H75F6N15O6S3. The largest absolute Gasteiger partial charge is 0.417 e. The number of nitrogens with zero attached hydrogens (tertiary/aromatic N) is 9. The Morgan fingerprint density at radius 3 is 1.10 bits per heavy atom. The molecular weight excluding hydrogens is 1350 g/mol. The number of oxazole rings is 3. The van der Waals surface area contributed by atoms with Gasteiger partial charge in [-0.1, -0.05) is 25.1 Å². The average Bonchev–Trinajstić information content (AvgIpc) is 1.57. The maximum absolute atomic E-state index is 12.8. The third-order valence-electron chi connectivity index (χ3n) is 20.6. The van der Waals surface area contributed by atoms with Crippen LogP contribution < -0.4 is 47.9 Å². The molecule has 9 aromatic heterocycles. The molecule has 3 saturated carbocycles. The smallest absolute Gasteiger partial charge is 0.408 e. The van der Waals surface area contributed by atoms with E-state index in [1.807, 2.05) is 54.6 Å². The van der Waals surface area contributed by atoms with E-state index in [0.717, 1.165) is 158 Å². The highest BCUT2D eigenvalue weighted by Crippen LogP contribution is 2.51. The fraction of sp³-hybridized carbons (Fsp3) is 0.435. The van der Waals surface area contributed by atoms with Gasteiger partial charge in [0.2, 0.25) is 0 Å². The topological polar surface area (TPSA) is 261 Å². The maximum atomic E-state index is 12.8. The highest BCUT2D eigenvalue weighted by atomic mass is 32.1. The summed E-state index contributed by atoms with van der Waals surface area (Å²) in [5, 5.41) is 13.6. The minimum Gasteiger partial charge on any atom is -0.408 e. The van der Waals surface area contributed by atoms with Crippen LogP contribution in [0.3, 0.4) is 0 Å². The molecule has 30 heteroatoms. The van der Waals surface area contributed by atoms with E-state index in [1.54, 1.807) is 29.8 Å². The Morgan fingerprint density at radius 2 is 0.788 bits per heavy atom. The van der Waals surface area contributed by atoms with E-state index >= 15 is 0 Å². The molecule has 12 heterocycles. The van der Waals surface area contributed by atoms with Crippen LogP contribution in [0.25, 0.3) is 63.9 Å². The molecule has 3 saturated heterocycles. The first-order valence-electron chi connectivity index (χ1n) is 33.3. The van der Waals surface area contributed by atoms with Crippen LogP contribution in [-0.4, -0.2) is 115 Å². The number of alkyl halides is 6. The Balaban J connectivity index is 0.000000135. The molecule has 6 fully saturated rings. The summed E-state index contributed by atoms with van der Waals surface area (Å²) < 4.78 is 92.4. The van der Waals surface area contributed by atoms with Crippen molar-refractivity contribution in [3.05, 3.63) is 155 Å². The molecule has 3 aliphatic carbocycles. The van der Waals surface area contributed by atoms with Crippen LogP contribution in [0.2, 0.25) is 0 Å². The number of hydrogen-bond donors (Lipinski definition) is 6. The molecule has 99 heavy (non-hydrogen) atoms. The first-order chi connectivity index (χ1) is 47.6. The Hall–Kier alpha value is -8.55. The molecule has 6 aliphatic rings. The number of aromatic amines is 3. The molecule has 3 spiro atoms. The van der Waals surface area contributed by atoms with E-state index in [0.29, 0.717) is 84.8 Å². The number of hydrogen-bond acceptors (Lipinski definition) is 21. The van der Waals surface area contributed by atoms with E-state index in [-0.39, 0.29) is 24.9 Å². The van der Waals surface area contributed by atoms with Crippen molar-refractivity contribution in [1.29, 1.82) is 0 Å². The summed E-state index contributed by atoms with van der Waals surface area (Å²) in [5.74, 6) is 1.27. The van der Waals surface area contributed by atoms with Crippen LogP contribution in [0.1, 0.15) is 100 Å². The predicted octanol–water partition coefficient (Wildman–Crippen LogP) is 13.3. The van der Waals surface area contributed by atoms with Gasteiger partial charge in [0, 0.05) is 112 Å². The third-order valence-corrected chi connectivity index (χ3v) is 23.9. The summed E-state index contributed by atoms with van der Waals surface area (Å²) >= 11 is 3.95. The number of aromatic nitrogens is 9. The molecule has 21 nitrogen and oxygen atoms in total. The van der Waals surface area contributed by atoms with Crippen molar-refractivity contribution in [2.75, 3.05) is 54.0 Å². The van der Waals surface area contributed by atoms with Crippen LogP contribution in [-0.2, 0) is 38.9 Å². The number of fused-ring (bicyclic) bond motifs is 6. The zero-order valence-electron chi connectivity index (χ0n) is 53.7. The predicted molar refractivity (Wildman–Crippen MR) is 375 cm³/mol. The standard InChI is InChI=1S/2C23H22F3N5O2S.C23H25N5O2S.3H2/c2*24-23(25,26)8-15-6-16-19(28-12-29-20(16)34-15)31-10-22(11-31)4-3-14(7-22)27-9-13-1-2-17-18(5-13)33-21(32)30-17;1-2-16-8-17-20(25-13-26-21(17)31-16)28-11-23(12-28)6-5-15(9-23)24-10-14-3-4-18-19(7-14)30-22(29)27-18;;;/h2*1-2,5-6,12,14,27H,3-4,7-11H2,(H,30,32);3-4,7-8,13,15,24H,2,5-6,9-12H2,1H3,(H,27,29);3*1H/t2*14-;;;;/m10..../s1. The Kier molecular flexibility index (Phi) is 16.8. The monoisotopic (exact) mass is 1420 g/mol. The van der Waals surface area contributed by atoms with Gasteiger partial charge in [0.1, 0.15) is 50.9 Å². The van der Waals surface area contributed by atoms with Crippen LogP contribution in [0.15, 0.2) is 119 Å². The van der Waals surface area contributed by atoms with E-state index in [9.17, 15) is 40.7 Å². The molecule has 3 atom stereocenters. The van der Waals surface area contributed by atoms with Gasteiger partial charge in [0.25, 0.3) is 0 Å². The minimum atomic E-state index is -4.23. The minimum absolute atomic E-state index is 0. The number of rotatable bonds is 15. The number of H-pyrrole nitrogens is 3. The van der Waals surface area contributed by atoms with Gasteiger partial charge in [-0.2, -0.15) is 26.3 Å². The number of thiophene rings is 3. The quantitative estimate of drug-likeness (QED) is 0.0521. The molecule has 3 aromatic carbocycles. The fourth-order valence-electron chi connectivity index (χ4n) is 16.0. The first-order valence-corrected chi connectivity index (χ1v) is 35.7. The lowest BCUT2D eigenvalue weighted by molar-refractivity contribution is -0.127. The second-order valence-corrected chi connectivity index (χ2v) is 31.2. The zero-order chi connectivity index (χ0) is 68.0. The maximum Gasteiger partial charge on any atom is 0.417 e. The van der Waals surface area contributed by atoms with Crippen LogP contribution in [0.5, 0.6) is 0 Å². The van der Waals surface area contributed by atoms with Crippen LogP contribution in [0, 0.1) is 16.2 Å². The molecule has 0 radical (unpaired) electrons. The van der Waals surface area contributed by atoms with E-state index in [4.69, 9.17) is 13.3 Å². The molecule has 522 valence electrons. The van der Waals surface area contributed by atoms with Crippen molar-refractivity contribution in [3.63, 3.8) is 0 Å². The van der Waals surface area contributed by atoms with E-state index in [1.165, 1.54) is 42.2 Å². The van der Waals surface area contributed by atoms with Gasteiger partial charge >= 0.3 is 29.6 Å². The van der Waals surface area contributed by atoms with Crippen molar-refractivity contribution in [2.45, 2.75) is 134 Å². The second-order valence-electron chi connectivity index (χ2n) is 27.9. The van der Waals surface area contributed by atoms with Crippen LogP contribution >= 0.6 is 34.0 Å². The van der Waals surface area contributed by atoms with E-state index < -0.39 is 42.5 Å². The lowest BCUT2D eigenvalue weighted by Crippen LogP contribution is -2.56. The van der Waals surface area contributed by atoms with Gasteiger partial charge < -0.3 is 43.9 Å².